The summed E-state index contributed by atoms with van der Waals surface area (Å²) >= 11 is 0. The average Bonchev–Trinajstić information content (AvgIpc) is 2.51. The van der Waals surface area contributed by atoms with Crippen LogP contribution in [-0.4, -0.2) is 35.0 Å². The summed E-state index contributed by atoms with van der Waals surface area (Å²) in [6.45, 7) is 8.98. The van der Waals surface area contributed by atoms with Crippen LogP contribution in [0.3, 0.4) is 0 Å². The van der Waals surface area contributed by atoms with Gasteiger partial charge in [-0.15, -0.1) is 0 Å². The molecule has 1 aliphatic carbocycles. The zero-order valence-electron chi connectivity index (χ0n) is 12.5. The average molecular weight is 257 g/mol. The Kier molecular flexibility index (Phi) is 5.63. The molecule has 0 radical (unpaired) electrons. The maximum Gasteiger partial charge on any atom is 0.0972 e. The maximum atomic E-state index is 9.79. The second kappa shape index (κ2) is 6.36. The summed E-state index contributed by atoms with van der Waals surface area (Å²) in [6, 6.07) is 0.496. The predicted molar refractivity (Wildman–Crippen MR) is 75.5 cm³/mol. The fourth-order valence-electron chi connectivity index (χ4n) is 2.79. The molecule has 3 heteroatoms. The first-order valence-electron chi connectivity index (χ1n) is 7.31. The van der Waals surface area contributed by atoms with E-state index in [0.29, 0.717) is 18.0 Å². The minimum Gasteiger partial charge on any atom is -0.393 e. The highest BCUT2D eigenvalue weighted by molar-refractivity contribution is 4.83. The fraction of sp³-hybridized carbons (Fsp3) is 1.00. The van der Waals surface area contributed by atoms with E-state index in [2.05, 4.69) is 26.1 Å². The van der Waals surface area contributed by atoms with Crippen LogP contribution in [0.5, 0.6) is 0 Å². The van der Waals surface area contributed by atoms with Crippen molar-refractivity contribution < 1.29 is 10.2 Å². The minimum absolute atomic E-state index is 0.183. The van der Waals surface area contributed by atoms with Gasteiger partial charge in [-0.3, -0.25) is 0 Å². The SMILES string of the molecule is CC(O)(CO)CNC1CCCC(C(C)(C)C)CC1. The lowest BCUT2D eigenvalue weighted by molar-refractivity contribution is 0.000352. The first-order valence-corrected chi connectivity index (χ1v) is 7.31. The van der Waals surface area contributed by atoms with Crippen LogP contribution < -0.4 is 5.32 Å². The van der Waals surface area contributed by atoms with Crippen LogP contribution in [0.25, 0.3) is 0 Å². The summed E-state index contributed by atoms with van der Waals surface area (Å²) in [6.07, 6.45) is 6.22. The predicted octanol–water partition coefficient (Wildman–Crippen LogP) is 2.31. The van der Waals surface area contributed by atoms with Gasteiger partial charge in [0.05, 0.1) is 12.2 Å². The molecule has 1 saturated carbocycles. The van der Waals surface area contributed by atoms with Crippen molar-refractivity contribution in [3.8, 4) is 0 Å². The van der Waals surface area contributed by atoms with Crippen molar-refractivity contribution in [2.45, 2.75) is 71.4 Å². The molecule has 0 aromatic heterocycles. The lowest BCUT2D eigenvalue weighted by Crippen LogP contribution is -2.44. The van der Waals surface area contributed by atoms with Crippen molar-refractivity contribution in [1.82, 2.24) is 5.32 Å². The molecule has 0 aliphatic heterocycles. The van der Waals surface area contributed by atoms with Gasteiger partial charge in [-0.25, -0.2) is 0 Å². The number of hydrogen-bond acceptors (Lipinski definition) is 3. The summed E-state index contributed by atoms with van der Waals surface area (Å²) in [7, 11) is 0. The molecule has 0 amide bonds. The topological polar surface area (TPSA) is 52.5 Å². The highest BCUT2D eigenvalue weighted by Gasteiger charge is 2.28. The van der Waals surface area contributed by atoms with Gasteiger partial charge in [0, 0.05) is 12.6 Å². The number of hydrogen-bond donors (Lipinski definition) is 3. The molecule has 0 saturated heterocycles. The van der Waals surface area contributed by atoms with E-state index in [4.69, 9.17) is 5.11 Å². The van der Waals surface area contributed by atoms with Crippen molar-refractivity contribution in [3.63, 3.8) is 0 Å². The molecule has 0 bridgehead atoms. The van der Waals surface area contributed by atoms with Crippen LogP contribution in [0.1, 0.15) is 59.8 Å². The maximum absolute atomic E-state index is 9.79. The Morgan fingerprint density at radius 3 is 2.28 bits per heavy atom. The first kappa shape index (κ1) is 15.9. The van der Waals surface area contributed by atoms with E-state index >= 15 is 0 Å². The number of aliphatic hydroxyl groups excluding tert-OH is 1. The molecule has 1 fully saturated rings. The molecule has 0 aromatic rings. The van der Waals surface area contributed by atoms with Crippen LogP contribution in [0.15, 0.2) is 0 Å². The third-order valence-electron chi connectivity index (χ3n) is 4.31. The molecule has 1 aliphatic rings. The highest BCUT2D eigenvalue weighted by Crippen LogP contribution is 2.36. The Bertz CT molecular complexity index is 245. The zero-order valence-corrected chi connectivity index (χ0v) is 12.5. The molecule has 0 spiro atoms. The van der Waals surface area contributed by atoms with Gasteiger partial charge in [0.1, 0.15) is 0 Å². The fourth-order valence-corrected chi connectivity index (χ4v) is 2.79. The molecule has 3 unspecified atom stereocenters. The van der Waals surface area contributed by atoms with E-state index < -0.39 is 5.60 Å². The van der Waals surface area contributed by atoms with Gasteiger partial charge in [0.15, 0.2) is 0 Å². The highest BCUT2D eigenvalue weighted by atomic mass is 16.3. The monoisotopic (exact) mass is 257 g/mol. The molecule has 108 valence electrons. The van der Waals surface area contributed by atoms with Crippen LogP contribution in [0.2, 0.25) is 0 Å². The van der Waals surface area contributed by atoms with Crippen molar-refractivity contribution >= 4 is 0 Å². The van der Waals surface area contributed by atoms with Crippen molar-refractivity contribution in [3.05, 3.63) is 0 Å². The minimum atomic E-state index is -0.990. The van der Waals surface area contributed by atoms with E-state index in [9.17, 15) is 5.11 Å². The van der Waals surface area contributed by atoms with E-state index in [1.54, 1.807) is 6.92 Å². The third kappa shape index (κ3) is 5.25. The van der Waals surface area contributed by atoms with Gasteiger partial charge in [-0.2, -0.15) is 0 Å². The Morgan fingerprint density at radius 1 is 1.06 bits per heavy atom. The van der Waals surface area contributed by atoms with Crippen molar-refractivity contribution in [2.24, 2.45) is 11.3 Å². The van der Waals surface area contributed by atoms with Crippen LogP contribution >= 0.6 is 0 Å². The van der Waals surface area contributed by atoms with Crippen LogP contribution in [-0.2, 0) is 0 Å². The summed E-state index contributed by atoms with van der Waals surface area (Å²) in [4.78, 5) is 0. The molecule has 3 N–H and O–H groups in total. The van der Waals surface area contributed by atoms with Gasteiger partial charge in [-0.05, 0) is 43.9 Å². The second-order valence-corrected chi connectivity index (χ2v) is 7.30. The Morgan fingerprint density at radius 2 is 1.72 bits per heavy atom. The molecule has 1 rings (SSSR count). The van der Waals surface area contributed by atoms with Crippen LogP contribution in [0, 0.1) is 11.3 Å². The molecule has 3 nitrogen and oxygen atoms in total. The smallest absolute Gasteiger partial charge is 0.0972 e. The lowest BCUT2D eigenvalue weighted by Gasteiger charge is -2.30. The van der Waals surface area contributed by atoms with Gasteiger partial charge in [0.25, 0.3) is 0 Å². The van der Waals surface area contributed by atoms with Gasteiger partial charge < -0.3 is 15.5 Å². The largest absolute Gasteiger partial charge is 0.393 e. The van der Waals surface area contributed by atoms with Gasteiger partial charge >= 0.3 is 0 Å². The molecule has 0 heterocycles. The third-order valence-corrected chi connectivity index (χ3v) is 4.31. The quantitative estimate of drug-likeness (QED) is 0.677. The van der Waals surface area contributed by atoms with Crippen molar-refractivity contribution in [2.75, 3.05) is 13.2 Å². The summed E-state index contributed by atoms with van der Waals surface area (Å²) in [5.74, 6) is 0.808. The summed E-state index contributed by atoms with van der Waals surface area (Å²) in [5, 5.41) is 22.2. The van der Waals surface area contributed by atoms with E-state index in [1.165, 1.54) is 32.1 Å². The van der Waals surface area contributed by atoms with Gasteiger partial charge in [-0.1, -0.05) is 27.2 Å². The summed E-state index contributed by atoms with van der Waals surface area (Å²) < 4.78 is 0. The second-order valence-electron chi connectivity index (χ2n) is 7.30. The number of nitrogens with one attached hydrogen (secondary N) is 1. The Balaban J connectivity index is 2.38. The van der Waals surface area contributed by atoms with Crippen molar-refractivity contribution in [1.29, 1.82) is 0 Å². The molecule has 18 heavy (non-hydrogen) atoms. The Labute approximate surface area is 112 Å². The van der Waals surface area contributed by atoms with Crippen LogP contribution in [0.4, 0.5) is 0 Å². The molecular weight excluding hydrogens is 226 g/mol. The standard InChI is InChI=1S/C15H31NO2/c1-14(2,3)12-6-5-7-13(9-8-12)16-10-15(4,18)11-17/h12-13,16-18H,5-11H2,1-4H3. The van der Waals surface area contributed by atoms with E-state index in [0.717, 1.165) is 5.92 Å². The summed E-state index contributed by atoms with van der Waals surface area (Å²) in [5.41, 5.74) is -0.582. The number of aliphatic hydroxyl groups is 2. The normalized spacial score (nSPS) is 29.7. The van der Waals surface area contributed by atoms with Gasteiger partial charge in [0.2, 0.25) is 0 Å². The first-order chi connectivity index (χ1) is 8.24. The lowest BCUT2D eigenvalue weighted by atomic mass is 9.76. The van der Waals surface area contributed by atoms with E-state index in [1.807, 2.05) is 0 Å². The number of rotatable bonds is 4. The molecule has 0 aromatic carbocycles. The Hall–Kier alpha value is -0.120. The van der Waals surface area contributed by atoms with E-state index in [-0.39, 0.29) is 6.61 Å². The molecule has 3 atom stereocenters. The zero-order chi connectivity index (χ0) is 13.8. The molecular formula is C15H31NO2.